The molecule has 2 N–H and O–H groups in total. The van der Waals surface area contributed by atoms with Crippen molar-refractivity contribution in [3.05, 3.63) is 51.2 Å². The Kier molecular flexibility index (Phi) is 3.82. The van der Waals surface area contributed by atoms with E-state index in [9.17, 15) is 0 Å². The Bertz CT molecular complexity index is 505. The second kappa shape index (κ2) is 5.34. The van der Waals surface area contributed by atoms with E-state index in [0.29, 0.717) is 13.2 Å². The first-order valence-corrected chi connectivity index (χ1v) is 6.49. The first-order valence-electron chi connectivity index (χ1n) is 5.67. The summed E-state index contributed by atoms with van der Waals surface area (Å²) >= 11 is 1.75. The van der Waals surface area contributed by atoms with Crippen LogP contribution < -0.4 is 10.5 Å². The Morgan fingerprint density at radius 3 is 2.65 bits per heavy atom. The lowest BCUT2D eigenvalue weighted by molar-refractivity contribution is 0.304. The fourth-order valence-corrected chi connectivity index (χ4v) is 2.63. The van der Waals surface area contributed by atoms with Gasteiger partial charge in [-0.15, -0.1) is 11.3 Å². The lowest BCUT2D eigenvalue weighted by atomic mass is 10.2. The molecule has 3 heteroatoms. The Labute approximate surface area is 106 Å². The maximum atomic E-state index is 5.83. The van der Waals surface area contributed by atoms with Crippen molar-refractivity contribution in [1.82, 2.24) is 0 Å². The van der Waals surface area contributed by atoms with Gasteiger partial charge in [0.2, 0.25) is 0 Å². The SMILES string of the molecule is Cc1ccccc1OCc1cc(CN)sc1C. The van der Waals surface area contributed by atoms with Crippen LogP contribution >= 0.6 is 11.3 Å². The molecule has 0 bridgehead atoms. The highest BCUT2D eigenvalue weighted by molar-refractivity contribution is 7.12. The predicted molar refractivity (Wildman–Crippen MR) is 72.5 cm³/mol. The van der Waals surface area contributed by atoms with E-state index >= 15 is 0 Å². The zero-order chi connectivity index (χ0) is 12.3. The Balaban J connectivity index is 2.07. The minimum Gasteiger partial charge on any atom is -0.489 e. The first kappa shape index (κ1) is 12.1. The van der Waals surface area contributed by atoms with Gasteiger partial charge in [0, 0.05) is 21.9 Å². The molecule has 0 atom stereocenters. The molecule has 17 heavy (non-hydrogen) atoms. The van der Waals surface area contributed by atoms with Crippen LogP contribution in [0.1, 0.15) is 20.9 Å². The Morgan fingerprint density at radius 1 is 1.24 bits per heavy atom. The highest BCUT2D eigenvalue weighted by atomic mass is 32.1. The van der Waals surface area contributed by atoms with Crippen LogP contribution in [0, 0.1) is 13.8 Å². The molecular formula is C14H17NOS. The van der Waals surface area contributed by atoms with Crippen molar-refractivity contribution >= 4 is 11.3 Å². The maximum Gasteiger partial charge on any atom is 0.122 e. The lowest BCUT2D eigenvalue weighted by Gasteiger charge is -2.08. The summed E-state index contributed by atoms with van der Waals surface area (Å²) in [5.74, 6) is 0.951. The molecular weight excluding hydrogens is 230 g/mol. The summed E-state index contributed by atoms with van der Waals surface area (Å²) in [6.07, 6.45) is 0. The second-order valence-electron chi connectivity index (χ2n) is 4.05. The van der Waals surface area contributed by atoms with Crippen LogP contribution in [-0.4, -0.2) is 0 Å². The van der Waals surface area contributed by atoms with Crippen molar-refractivity contribution in [2.75, 3.05) is 0 Å². The van der Waals surface area contributed by atoms with E-state index in [1.165, 1.54) is 20.9 Å². The van der Waals surface area contributed by atoms with Gasteiger partial charge in [0.1, 0.15) is 12.4 Å². The fraction of sp³-hybridized carbons (Fsp3) is 0.286. The minimum atomic E-state index is 0.607. The third kappa shape index (κ3) is 2.87. The molecule has 0 radical (unpaired) electrons. The Morgan fingerprint density at radius 2 is 2.00 bits per heavy atom. The number of rotatable bonds is 4. The summed E-state index contributed by atoms with van der Waals surface area (Å²) in [5, 5.41) is 0. The number of ether oxygens (including phenoxy) is 1. The van der Waals surface area contributed by atoms with Gasteiger partial charge in [0.15, 0.2) is 0 Å². The largest absolute Gasteiger partial charge is 0.489 e. The van der Waals surface area contributed by atoms with Crippen molar-refractivity contribution in [2.24, 2.45) is 5.73 Å². The van der Waals surface area contributed by atoms with Crippen molar-refractivity contribution in [3.63, 3.8) is 0 Å². The van der Waals surface area contributed by atoms with Crippen LogP contribution in [0.25, 0.3) is 0 Å². The molecule has 0 spiro atoms. The number of benzene rings is 1. The van der Waals surface area contributed by atoms with Gasteiger partial charge in [0.25, 0.3) is 0 Å². The summed E-state index contributed by atoms with van der Waals surface area (Å²) in [7, 11) is 0. The van der Waals surface area contributed by atoms with E-state index in [4.69, 9.17) is 10.5 Å². The standard InChI is InChI=1S/C14H17NOS/c1-10-5-3-4-6-14(10)16-9-12-7-13(8-15)17-11(12)2/h3-7H,8-9,15H2,1-2H3. The van der Waals surface area contributed by atoms with Crippen molar-refractivity contribution in [3.8, 4) is 5.75 Å². The van der Waals surface area contributed by atoms with Crippen LogP contribution in [0.4, 0.5) is 0 Å². The van der Waals surface area contributed by atoms with Crippen molar-refractivity contribution in [1.29, 1.82) is 0 Å². The molecule has 0 unspecified atom stereocenters. The number of hydrogen-bond acceptors (Lipinski definition) is 3. The first-order chi connectivity index (χ1) is 8.20. The summed E-state index contributed by atoms with van der Waals surface area (Å²) in [4.78, 5) is 2.50. The number of aryl methyl sites for hydroxylation is 2. The minimum absolute atomic E-state index is 0.607. The average molecular weight is 247 g/mol. The molecule has 0 saturated heterocycles. The molecule has 0 saturated carbocycles. The van der Waals surface area contributed by atoms with Gasteiger partial charge >= 0.3 is 0 Å². The van der Waals surface area contributed by atoms with Crippen LogP contribution in [0.15, 0.2) is 30.3 Å². The van der Waals surface area contributed by atoms with Gasteiger partial charge in [-0.25, -0.2) is 0 Å². The van der Waals surface area contributed by atoms with E-state index in [1.54, 1.807) is 11.3 Å². The van der Waals surface area contributed by atoms with Crippen LogP contribution in [0.3, 0.4) is 0 Å². The van der Waals surface area contributed by atoms with Gasteiger partial charge < -0.3 is 10.5 Å². The molecule has 1 aromatic carbocycles. The Hall–Kier alpha value is -1.32. The van der Waals surface area contributed by atoms with E-state index in [0.717, 1.165) is 5.75 Å². The zero-order valence-corrected chi connectivity index (χ0v) is 11.0. The number of para-hydroxylation sites is 1. The quantitative estimate of drug-likeness (QED) is 0.898. The normalized spacial score (nSPS) is 10.5. The molecule has 2 nitrogen and oxygen atoms in total. The topological polar surface area (TPSA) is 35.2 Å². The number of nitrogens with two attached hydrogens (primary N) is 1. The molecule has 0 amide bonds. The molecule has 1 aromatic heterocycles. The van der Waals surface area contributed by atoms with Gasteiger partial charge in [-0.3, -0.25) is 0 Å². The van der Waals surface area contributed by atoms with Gasteiger partial charge in [-0.1, -0.05) is 18.2 Å². The third-order valence-corrected chi connectivity index (χ3v) is 3.86. The van der Waals surface area contributed by atoms with E-state index in [-0.39, 0.29) is 0 Å². The average Bonchev–Trinajstić information content (AvgIpc) is 2.69. The second-order valence-corrected chi connectivity index (χ2v) is 5.39. The highest BCUT2D eigenvalue weighted by Crippen LogP contribution is 2.24. The van der Waals surface area contributed by atoms with Gasteiger partial charge in [0.05, 0.1) is 0 Å². The molecule has 2 aromatic rings. The highest BCUT2D eigenvalue weighted by Gasteiger charge is 2.06. The summed E-state index contributed by atoms with van der Waals surface area (Å²) in [5.41, 5.74) is 8.03. The lowest BCUT2D eigenvalue weighted by Crippen LogP contribution is -1.97. The zero-order valence-electron chi connectivity index (χ0n) is 10.2. The maximum absolute atomic E-state index is 5.83. The molecule has 1 heterocycles. The molecule has 90 valence electrons. The molecule has 0 fully saturated rings. The van der Waals surface area contributed by atoms with E-state index in [2.05, 4.69) is 26.0 Å². The molecule has 2 rings (SSSR count). The monoisotopic (exact) mass is 247 g/mol. The van der Waals surface area contributed by atoms with Crippen LogP contribution in [-0.2, 0) is 13.2 Å². The fourth-order valence-electron chi connectivity index (χ4n) is 1.71. The predicted octanol–water partition coefficient (Wildman–Crippen LogP) is 3.40. The third-order valence-electron chi connectivity index (χ3n) is 2.75. The molecule has 0 aliphatic heterocycles. The molecule has 0 aliphatic rings. The molecule has 0 aliphatic carbocycles. The number of thiophene rings is 1. The van der Waals surface area contributed by atoms with E-state index in [1.807, 2.05) is 18.2 Å². The van der Waals surface area contributed by atoms with Gasteiger partial charge in [-0.05, 0) is 31.5 Å². The van der Waals surface area contributed by atoms with Crippen LogP contribution in [0.2, 0.25) is 0 Å². The van der Waals surface area contributed by atoms with Crippen LogP contribution in [0.5, 0.6) is 5.75 Å². The summed E-state index contributed by atoms with van der Waals surface area (Å²) in [6, 6.07) is 10.2. The number of hydrogen-bond donors (Lipinski definition) is 1. The summed E-state index contributed by atoms with van der Waals surface area (Å²) in [6.45, 7) is 5.39. The smallest absolute Gasteiger partial charge is 0.122 e. The summed E-state index contributed by atoms with van der Waals surface area (Å²) < 4.78 is 5.83. The van der Waals surface area contributed by atoms with Crippen molar-refractivity contribution < 1.29 is 4.74 Å². The van der Waals surface area contributed by atoms with E-state index < -0.39 is 0 Å². The van der Waals surface area contributed by atoms with Gasteiger partial charge in [-0.2, -0.15) is 0 Å². The van der Waals surface area contributed by atoms with Crippen molar-refractivity contribution in [2.45, 2.75) is 27.0 Å².